The van der Waals surface area contributed by atoms with Gasteiger partial charge in [0.25, 0.3) is 0 Å². The molecule has 3 rings (SSSR count). The summed E-state index contributed by atoms with van der Waals surface area (Å²) in [6, 6.07) is 11.5. The van der Waals surface area contributed by atoms with Crippen molar-refractivity contribution >= 4 is 22.7 Å². The summed E-state index contributed by atoms with van der Waals surface area (Å²) in [7, 11) is 0. The van der Waals surface area contributed by atoms with Crippen LogP contribution in [0, 0.1) is 0 Å². The molecule has 3 N–H and O–H groups in total. The SMILES string of the molecule is O=C(CC(=O)NCc1ccco1)NCCc1c[nH]c2ccccc12. The molecule has 0 aliphatic rings. The predicted octanol–water partition coefficient (Wildman–Crippen LogP) is 2.13. The van der Waals surface area contributed by atoms with Crippen LogP contribution in [-0.4, -0.2) is 23.3 Å². The first-order chi connectivity index (χ1) is 11.7. The number of aromatic nitrogens is 1. The standard InChI is InChI=1S/C18H19N3O3/c22-17(10-18(23)21-12-14-4-3-9-24-14)19-8-7-13-11-20-16-6-2-1-5-15(13)16/h1-6,9,11,20H,7-8,10,12H2,(H,19,22)(H,21,23). The zero-order chi connectivity index (χ0) is 16.8. The third kappa shape index (κ3) is 4.04. The van der Waals surface area contributed by atoms with E-state index >= 15 is 0 Å². The highest BCUT2D eigenvalue weighted by Gasteiger charge is 2.10. The molecule has 2 heterocycles. The molecule has 0 saturated heterocycles. The smallest absolute Gasteiger partial charge is 0.229 e. The van der Waals surface area contributed by atoms with E-state index in [1.165, 1.54) is 0 Å². The van der Waals surface area contributed by atoms with E-state index in [1.54, 1.807) is 18.4 Å². The van der Waals surface area contributed by atoms with Gasteiger partial charge in [-0.1, -0.05) is 18.2 Å². The average Bonchev–Trinajstić information content (AvgIpc) is 3.23. The Morgan fingerprint density at radius 2 is 1.88 bits per heavy atom. The summed E-state index contributed by atoms with van der Waals surface area (Å²) in [5.74, 6) is 0.0471. The maximum absolute atomic E-state index is 11.8. The van der Waals surface area contributed by atoms with Crippen molar-refractivity contribution in [3.8, 4) is 0 Å². The van der Waals surface area contributed by atoms with Crippen molar-refractivity contribution in [3.63, 3.8) is 0 Å². The van der Waals surface area contributed by atoms with Gasteiger partial charge in [0.2, 0.25) is 11.8 Å². The lowest BCUT2D eigenvalue weighted by atomic mass is 10.1. The van der Waals surface area contributed by atoms with Crippen LogP contribution in [0.5, 0.6) is 0 Å². The Bertz CT molecular complexity index is 821. The number of furan rings is 1. The molecule has 6 heteroatoms. The second kappa shape index (κ2) is 7.50. The van der Waals surface area contributed by atoms with E-state index in [9.17, 15) is 9.59 Å². The molecule has 0 atom stereocenters. The molecule has 0 aliphatic carbocycles. The zero-order valence-corrected chi connectivity index (χ0v) is 13.2. The molecule has 6 nitrogen and oxygen atoms in total. The Kier molecular flexibility index (Phi) is 4.96. The second-order valence-corrected chi connectivity index (χ2v) is 5.49. The van der Waals surface area contributed by atoms with Gasteiger partial charge in [0, 0.05) is 23.6 Å². The summed E-state index contributed by atoms with van der Waals surface area (Å²) >= 11 is 0. The first kappa shape index (κ1) is 15.9. The van der Waals surface area contributed by atoms with Crippen LogP contribution in [-0.2, 0) is 22.6 Å². The number of carbonyl (C=O) groups is 2. The molecular weight excluding hydrogens is 306 g/mol. The van der Waals surface area contributed by atoms with Gasteiger partial charge in [0.05, 0.1) is 12.8 Å². The van der Waals surface area contributed by atoms with Gasteiger partial charge in [-0.05, 0) is 30.2 Å². The van der Waals surface area contributed by atoms with Crippen LogP contribution in [0.2, 0.25) is 0 Å². The quantitative estimate of drug-likeness (QED) is 0.582. The molecule has 0 bridgehead atoms. The summed E-state index contributed by atoms with van der Waals surface area (Å²) in [6.07, 6.45) is 4.02. The molecule has 0 aliphatic heterocycles. The Balaban J connectivity index is 1.40. The molecule has 0 fully saturated rings. The van der Waals surface area contributed by atoms with Gasteiger partial charge in [-0.3, -0.25) is 9.59 Å². The van der Waals surface area contributed by atoms with Gasteiger partial charge in [0.15, 0.2) is 0 Å². The Morgan fingerprint density at radius 3 is 2.71 bits per heavy atom. The summed E-state index contributed by atoms with van der Waals surface area (Å²) in [5, 5.41) is 6.57. The highest BCUT2D eigenvalue weighted by atomic mass is 16.3. The number of carbonyl (C=O) groups excluding carboxylic acids is 2. The molecule has 24 heavy (non-hydrogen) atoms. The maximum Gasteiger partial charge on any atom is 0.229 e. The first-order valence-corrected chi connectivity index (χ1v) is 7.83. The normalized spacial score (nSPS) is 10.7. The minimum absolute atomic E-state index is 0.186. The van der Waals surface area contributed by atoms with E-state index in [2.05, 4.69) is 15.6 Å². The van der Waals surface area contributed by atoms with Gasteiger partial charge in [-0.2, -0.15) is 0 Å². The molecule has 0 spiro atoms. The molecule has 0 radical (unpaired) electrons. The van der Waals surface area contributed by atoms with Crippen molar-refractivity contribution < 1.29 is 14.0 Å². The predicted molar refractivity (Wildman–Crippen MR) is 90.2 cm³/mol. The number of benzene rings is 1. The fourth-order valence-electron chi connectivity index (χ4n) is 2.54. The van der Waals surface area contributed by atoms with Crippen LogP contribution < -0.4 is 10.6 Å². The minimum Gasteiger partial charge on any atom is -0.467 e. The number of nitrogens with one attached hydrogen (secondary N) is 3. The highest BCUT2D eigenvalue weighted by Crippen LogP contribution is 2.17. The van der Waals surface area contributed by atoms with E-state index in [0.717, 1.165) is 16.5 Å². The largest absolute Gasteiger partial charge is 0.467 e. The van der Waals surface area contributed by atoms with Gasteiger partial charge >= 0.3 is 0 Å². The van der Waals surface area contributed by atoms with E-state index < -0.39 is 0 Å². The second-order valence-electron chi connectivity index (χ2n) is 5.49. The number of fused-ring (bicyclic) bond motifs is 1. The Labute approximate surface area is 139 Å². The van der Waals surface area contributed by atoms with Crippen LogP contribution in [0.3, 0.4) is 0 Å². The summed E-state index contributed by atoms with van der Waals surface area (Å²) < 4.78 is 5.11. The van der Waals surface area contributed by atoms with E-state index in [-0.39, 0.29) is 24.8 Å². The maximum atomic E-state index is 11.8. The monoisotopic (exact) mass is 325 g/mol. The Morgan fingerprint density at radius 1 is 1.04 bits per heavy atom. The molecule has 2 aromatic heterocycles. The fourth-order valence-corrected chi connectivity index (χ4v) is 2.54. The van der Waals surface area contributed by atoms with E-state index in [0.29, 0.717) is 18.7 Å². The summed E-state index contributed by atoms with van der Waals surface area (Å²) in [6.45, 7) is 0.778. The lowest BCUT2D eigenvalue weighted by molar-refractivity contribution is -0.129. The van der Waals surface area contributed by atoms with Gasteiger partial charge in [-0.15, -0.1) is 0 Å². The van der Waals surface area contributed by atoms with Gasteiger partial charge in [-0.25, -0.2) is 0 Å². The lowest BCUT2D eigenvalue weighted by Gasteiger charge is -2.05. The fraction of sp³-hybridized carbons (Fsp3) is 0.222. The van der Waals surface area contributed by atoms with Crippen molar-refractivity contribution in [2.75, 3.05) is 6.54 Å². The van der Waals surface area contributed by atoms with Crippen LogP contribution in [0.4, 0.5) is 0 Å². The molecule has 2 amide bonds. The highest BCUT2D eigenvalue weighted by molar-refractivity contribution is 5.96. The van der Waals surface area contributed by atoms with Crippen molar-refractivity contribution in [1.29, 1.82) is 0 Å². The number of rotatable bonds is 7. The topological polar surface area (TPSA) is 87.1 Å². The third-order valence-electron chi connectivity index (χ3n) is 3.75. The van der Waals surface area contributed by atoms with Crippen LogP contribution in [0.1, 0.15) is 17.7 Å². The first-order valence-electron chi connectivity index (χ1n) is 7.83. The summed E-state index contributed by atoms with van der Waals surface area (Å²) in [5.41, 5.74) is 2.23. The molecule has 124 valence electrons. The lowest BCUT2D eigenvalue weighted by Crippen LogP contribution is -2.32. The number of hydrogen-bond acceptors (Lipinski definition) is 3. The van der Waals surface area contributed by atoms with Crippen molar-refractivity contribution in [2.24, 2.45) is 0 Å². The van der Waals surface area contributed by atoms with Crippen LogP contribution in [0.15, 0.2) is 53.3 Å². The van der Waals surface area contributed by atoms with Crippen molar-refractivity contribution in [3.05, 3.63) is 60.2 Å². The van der Waals surface area contributed by atoms with Crippen LogP contribution in [0.25, 0.3) is 10.9 Å². The van der Waals surface area contributed by atoms with E-state index in [4.69, 9.17) is 4.42 Å². The number of hydrogen-bond donors (Lipinski definition) is 3. The number of amides is 2. The summed E-state index contributed by atoms with van der Waals surface area (Å²) in [4.78, 5) is 26.7. The van der Waals surface area contributed by atoms with Crippen LogP contribution >= 0.6 is 0 Å². The zero-order valence-electron chi connectivity index (χ0n) is 13.2. The Hall–Kier alpha value is -3.02. The minimum atomic E-state index is -0.323. The molecule has 1 aromatic carbocycles. The van der Waals surface area contributed by atoms with Gasteiger partial charge in [0.1, 0.15) is 12.2 Å². The van der Waals surface area contributed by atoms with Crippen molar-refractivity contribution in [1.82, 2.24) is 15.6 Å². The van der Waals surface area contributed by atoms with E-state index in [1.807, 2.05) is 30.5 Å². The third-order valence-corrected chi connectivity index (χ3v) is 3.75. The van der Waals surface area contributed by atoms with Gasteiger partial charge < -0.3 is 20.0 Å². The number of aromatic amines is 1. The number of para-hydroxylation sites is 1. The molecule has 0 saturated carbocycles. The average molecular weight is 325 g/mol. The number of H-pyrrole nitrogens is 1. The van der Waals surface area contributed by atoms with Crippen molar-refractivity contribution in [2.45, 2.75) is 19.4 Å². The molecule has 0 unspecified atom stereocenters. The molecule has 3 aromatic rings. The molecular formula is C18H19N3O3.